The zero-order chi connectivity index (χ0) is 20.9. The van der Waals surface area contributed by atoms with Crippen LogP contribution in [0.15, 0.2) is 45.7 Å². The van der Waals surface area contributed by atoms with Gasteiger partial charge in [0.2, 0.25) is 0 Å². The Morgan fingerprint density at radius 1 is 1.10 bits per heavy atom. The predicted molar refractivity (Wildman–Crippen MR) is 108 cm³/mol. The van der Waals surface area contributed by atoms with Crippen molar-refractivity contribution in [2.45, 2.75) is 27.3 Å². The summed E-state index contributed by atoms with van der Waals surface area (Å²) in [5.41, 5.74) is 9.61. The summed E-state index contributed by atoms with van der Waals surface area (Å²) in [6.07, 6.45) is 0. The fourth-order valence-corrected chi connectivity index (χ4v) is 3.70. The quantitative estimate of drug-likeness (QED) is 0.519. The van der Waals surface area contributed by atoms with E-state index < -0.39 is 11.6 Å². The molecule has 0 atom stereocenters. The molecule has 5 nitrogen and oxygen atoms in total. The van der Waals surface area contributed by atoms with Crippen LogP contribution < -0.4 is 11.2 Å². The molecular weight excluding hydrogens is 376 g/mol. The Morgan fingerprint density at radius 3 is 2.55 bits per heavy atom. The lowest BCUT2D eigenvalue weighted by molar-refractivity contribution is 0.393. The number of nitrogens with zero attached hydrogens (tertiary/aromatic N) is 2. The lowest BCUT2D eigenvalue weighted by Crippen LogP contribution is -2.14. The van der Waals surface area contributed by atoms with E-state index in [0.717, 1.165) is 22.9 Å². The van der Waals surface area contributed by atoms with Gasteiger partial charge in [0, 0.05) is 34.3 Å². The summed E-state index contributed by atoms with van der Waals surface area (Å²) < 4.78 is 34.8. The lowest BCUT2D eigenvalue weighted by Gasteiger charge is -2.17. The molecule has 2 heterocycles. The molecule has 4 rings (SSSR count). The monoisotopic (exact) mass is 395 g/mol. The van der Waals surface area contributed by atoms with E-state index in [4.69, 9.17) is 10.3 Å². The van der Waals surface area contributed by atoms with Crippen molar-refractivity contribution in [1.82, 2.24) is 9.72 Å². The van der Waals surface area contributed by atoms with Gasteiger partial charge in [-0.05, 0) is 44.5 Å². The average molecular weight is 395 g/mol. The number of pyridine rings is 1. The lowest BCUT2D eigenvalue weighted by atomic mass is 10.0. The number of halogens is 2. The third kappa shape index (κ3) is 3.18. The standard InChI is InChI=1S/C22H19F2N3O2/c1-11-6-20(28)17-5-4-14(21-12(2)26-29-13(21)3)8-19(17)27(11)10-15-7-16(23)9-18(24)22(15)25/h4-9H,10,25H2,1-3H3. The number of fused-ring (bicyclic) bond motifs is 1. The molecule has 7 heteroatoms. The van der Waals surface area contributed by atoms with Crippen molar-refractivity contribution in [2.75, 3.05) is 5.73 Å². The van der Waals surface area contributed by atoms with E-state index >= 15 is 0 Å². The summed E-state index contributed by atoms with van der Waals surface area (Å²) in [7, 11) is 0. The molecule has 29 heavy (non-hydrogen) atoms. The van der Waals surface area contributed by atoms with Crippen LogP contribution in [0.5, 0.6) is 0 Å². The van der Waals surface area contributed by atoms with E-state index in [9.17, 15) is 13.6 Å². The number of benzene rings is 2. The van der Waals surface area contributed by atoms with Crippen molar-refractivity contribution in [3.8, 4) is 11.1 Å². The maximum Gasteiger partial charge on any atom is 0.189 e. The molecule has 0 saturated carbocycles. The van der Waals surface area contributed by atoms with Crippen LogP contribution in [0.25, 0.3) is 22.0 Å². The maximum atomic E-state index is 13.9. The Labute approximate surface area is 165 Å². The van der Waals surface area contributed by atoms with Crippen LogP contribution in [0.4, 0.5) is 14.5 Å². The van der Waals surface area contributed by atoms with Gasteiger partial charge in [0.05, 0.1) is 23.4 Å². The molecule has 0 aliphatic heterocycles. The first-order chi connectivity index (χ1) is 13.8. The Morgan fingerprint density at radius 2 is 1.86 bits per heavy atom. The number of hydrogen-bond donors (Lipinski definition) is 1. The third-order valence-electron chi connectivity index (χ3n) is 5.15. The fraction of sp³-hybridized carbons (Fsp3) is 0.182. The molecule has 0 fully saturated rings. The van der Waals surface area contributed by atoms with Crippen LogP contribution in [-0.4, -0.2) is 9.72 Å². The van der Waals surface area contributed by atoms with E-state index in [1.165, 1.54) is 12.1 Å². The average Bonchev–Trinajstić information content (AvgIpc) is 3.00. The smallest absolute Gasteiger partial charge is 0.189 e. The summed E-state index contributed by atoms with van der Waals surface area (Å²) in [5, 5.41) is 4.49. The Hall–Kier alpha value is -3.48. The molecule has 0 saturated heterocycles. The second-order valence-electron chi connectivity index (χ2n) is 7.13. The number of aromatic nitrogens is 2. The first-order valence-corrected chi connectivity index (χ1v) is 9.07. The van der Waals surface area contributed by atoms with Gasteiger partial charge < -0.3 is 14.8 Å². The maximum absolute atomic E-state index is 13.9. The van der Waals surface area contributed by atoms with Crippen LogP contribution in [-0.2, 0) is 6.54 Å². The molecule has 148 valence electrons. The molecule has 4 aromatic rings. The van der Waals surface area contributed by atoms with E-state index in [1.54, 1.807) is 13.0 Å². The molecule has 0 bridgehead atoms. The number of anilines is 1. The van der Waals surface area contributed by atoms with E-state index in [0.29, 0.717) is 27.9 Å². The topological polar surface area (TPSA) is 74.0 Å². The summed E-state index contributed by atoms with van der Waals surface area (Å²) >= 11 is 0. The van der Waals surface area contributed by atoms with Crippen LogP contribution in [0.2, 0.25) is 0 Å². The highest BCUT2D eigenvalue weighted by Gasteiger charge is 2.16. The minimum absolute atomic E-state index is 0.112. The number of rotatable bonds is 3. The van der Waals surface area contributed by atoms with Crippen molar-refractivity contribution in [1.29, 1.82) is 0 Å². The van der Waals surface area contributed by atoms with Gasteiger partial charge in [0.15, 0.2) is 5.43 Å². The molecular formula is C22H19F2N3O2. The van der Waals surface area contributed by atoms with Gasteiger partial charge in [-0.15, -0.1) is 0 Å². The minimum Gasteiger partial charge on any atom is -0.396 e. The second kappa shape index (κ2) is 6.84. The van der Waals surface area contributed by atoms with Gasteiger partial charge >= 0.3 is 0 Å². The van der Waals surface area contributed by atoms with Crippen LogP contribution in [0.1, 0.15) is 22.7 Å². The van der Waals surface area contributed by atoms with Gasteiger partial charge in [-0.3, -0.25) is 4.79 Å². The summed E-state index contributed by atoms with van der Waals surface area (Å²) in [4.78, 5) is 12.5. The second-order valence-corrected chi connectivity index (χ2v) is 7.13. The first kappa shape index (κ1) is 18.9. The number of hydrogen-bond acceptors (Lipinski definition) is 4. The minimum atomic E-state index is -0.806. The first-order valence-electron chi connectivity index (χ1n) is 9.07. The molecule has 0 unspecified atom stereocenters. The predicted octanol–water partition coefficient (Wildman–Crippen LogP) is 4.49. The van der Waals surface area contributed by atoms with Crippen molar-refractivity contribution in [2.24, 2.45) is 0 Å². The SMILES string of the molecule is Cc1noc(C)c1-c1ccc2c(=O)cc(C)n(Cc3cc(F)cc(F)c3N)c2c1. The van der Waals surface area contributed by atoms with Crippen molar-refractivity contribution in [3.63, 3.8) is 0 Å². The normalized spacial score (nSPS) is 11.3. The third-order valence-corrected chi connectivity index (χ3v) is 5.15. The summed E-state index contributed by atoms with van der Waals surface area (Å²) in [6.45, 7) is 5.55. The Kier molecular flexibility index (Phi) is 4.45. The zero-order valence-electron chi connectivity index (χ0n) is 16.2. The molecule has 0 spiro atoms. The molecule has 0 aliphatic carbocycles. The highest BCUT2D eigenvalue weighted by Crippen LogP contribution is 2.30. The highest BCUT2D eigenvalue weighted by molar-refractivity contribution is 5.85. The molecule has 2 aromatic carbocycles. The van der Waals surface area contributed by atoms with Gasteiger partial charge in [0.1, 0.15) is 17.4 Å². The largest absolute Gasteiger partial charge is 0.396 e. The highest BCUT2D eigenvalue weighted by atomic mass is 19.1. The Bertz CT molecular complexity index is 1300. The van der Waals surface area contributed by atoms with E-state index in [1.807, 2.05) is 30.5 Å². The van der Waals surface area contributed by atoms with E-state index in [-0.39, 0.29) is 17.7 Å². The summed E-state index contributed by atoms with van der Waals surface area (Å²) in [5.74, 6) is -0.842. The van der Waals surface area contributed by atoms with Gasteiger partial charge in [-0.1, -0.05) is 11.2 Å². The van der Waals surface area contributed by atoms with Crippen LogP contribution in [0.3, 0.4) is 0 Å². The van der Waals surface area contributed by atoms with Crippen molar-refractivity contribution < 1.29 is 13.3 Å². The van der Waals surface area contributed by atoms with Crippen LogP contribution in [0, 0.1) is 32.4 Å². The molecule has 0 aliphatic rings. The van der Waals surface area contributed by atoms with Gasteiger partial charge in [0.25, 0.3) is 0 Å². The fourth-order valence-electron chi connectivity index (χ4n) is 3.70. The number of aryl methyl sites for hydroxylation is 3. The molecule has 0 amide bonds. The van der Waals surface area contributed by atoms with Crippen molar-refractivity contribution in [3.05, 3.63) is 81.0 Å². The van der Waals surface area contributed by atoms with Gasteiger partial charge in [-0.25, -0.2) is 8.78 Å². The zero-order valence-corrected chi connectivity index (χ0v) is 16.2. The molecule has 2 N–H and O–H groups in total. The van der Waals surface area contributed by atoms with Crippen LogP contribution >= 0.6 is 0 Å². The number of nitrogens with two attached hydrogens (primary N) is 1. The van der Waals surface area contributed by atoms with Crippen molar-refractivity contribution >= 4 is 16.6 Å². The Balaban J connectivity index is 1.96. The van der Waals surface area contributed by atoms with E-state index in [2.05, 4.69) is 5.16 Å². The van der Waals surface area contributed by atoms with Gasteiger partial charge in [-0.2, -0.15) is 0 Å². The number of nitrogen functional groups attached to an aromatic ring is 1. The molecule has 2 aromatic heterocycles. The molecule has 0 radical (unpaired) electrons. The summed E-state index contributed by atoms with van der Waals surface area (Å²) in [6, 6.07) is 8.91.